The highest BCUT2D eigenvalue weighted by Gasteiger charge is 2.20. The summed E-state index contributed by atoms with van der Waals surface area (Å²) in [5.41, 5.74) is 7.60. The van der Waals surface area contributed by atoms with Crippen molar-refractivity contribution in [2.24, 2.45) is 10.1 Å². The predicted molar refractivity (Wildman–Crippen MR) is 64.4 cm³/mol. The topological polar surface area (TPSA) is 84.5 Å². The quantitative estimate of drug-likeness (QED) is 0.766. The number of benzene rings is 1. The van der Waals surface area contributed by atoms with Gasteiger partial charge in [-0.25, -0.2) is 0 Å². The fourth-order valence-electron chi connectivity index (χ4n) is 1.50. The van der Waals surface area contributed by atoms with E-state index in [0.717, 1.165) is 5.56 Å². The second-order valence-electron chi connectivity index (χ2n) is 3.36. The summed E-state index contributed by atoms with van der Waals surface area (Å²) in [5, 5.41) is 0. The molecular weight excluding hydrogens is 226 g/mol. The van der Waals surface area contributed by atoms with Gasteiger partial charge < -0.3 is 5.73 Å². The van der Waals surface area contributed by atoms with Gasteiger partial charge in [-0.1, -0.05) is 18.2 Å². The molecule has 84 valence electrons. The van der Waals surface area contributed by atoms with Crippen LogP contribution >= 0.6 is 0 Å². The van der Waals surface area contributed by atoms with Crippen LogP contribution in [0.3, 0.4) is 0 Å². The maximum Gasteiger partial charge on any atom is 0.344 e. The lowest BCUT2D eigenvalue weighted by molar-refractivity contribution is 0.602. The van der Waals surface area contributed by atoms with E-state index in [2.05, 4.69) is 9.12 Å². The van der Waals surface area contributed by atoms with Crippen molar-refractivity contribution in [1.29, 1.82) is 0 Å². The molecule has 0 aromatic heterocycles. The van der Waals surface area contributed by atoms with Gasteiger partial charge in [-0.2, -0.15) is 8.42 Å². The van der Waals surface area contributed by atoms with Crippen LogP contribution in [0.1, 0.15) is 18.1 Å². The molecule has 1 aromatic carbocycles. The molecule has 5 nitrogen and oxygen atoms in total. The molecule has 0 radical (unpaired) electrons. The van der Waals surface area contributed by atoms with Crippen LogP contribution in [0, 0.1) is 0 Å². The fourth-order valence-corrected chi connectivity index (χ4v) is 2.36. The summed E-state index contributed by atoms with van der Waals surface area (Å²) >= 11 is 0. The van der Waals surface area contributed by atoms with Crippen molar-refractivity contribution in [2.45, 2.75) is 6.92 Å². The van der Waals surface area contributed by atoms with Gasteiger partial charge in [-0.05, 0) is 24.6 Å². The number of hydrogen-bond donors (Lipinski definition) is 2. The number of nitrogens with one attached hydrogen (secondary N) is 1. The maximum absolute atomic E-state index is 11.2. The smallest absolute Gasteiger partial charge is 0.344 e. The van der Waals surface area contributed by atoms with Gasteiger partial charge >= 0.3 is 10.2 Å². The number of allylic oxidation sites excluding steroid dienone is 1. The summed E-state index contributed by atoms with van der Waals surface area (Å²) in [6.45, 7) is 1.90. The molecule has 1 heterocycles. The highest BCUT2D eigenvalue weighted by molar-refractivity contribution is 7.91. The Morgan fingerprint density at radius 2 is 2.19 bits per heavy atom. The van der Waals surface area contributed by atoms with Crippen molar-refractivity contribution < 1.29 is 8.42 Å². The molecule has 0 unspecified atom stereocenters. The van der Waals surface area contributed by atoms with E-state index in [0.29, 0.717) is 11.3 Å². The number of anilines is 1. The summed E-state index contributed by atoms with van der Waals surface area (Å²) in [7, 11) is -3.68. The lowest BCUT2D eigenvalue weighted by Gasteiger charge is -2.15. The molecule has 2 rings (SSSR count). The minimum Gasteiger partial charge on any atom is -0.382 e. The van der Waals surface area contributed by atoms with Gasteiger partial charge in [0.15, 0.2) is 0 Å². The molecule has 0 spiro atoms. The molecule has 0 fully saturated rings. The van der Waals surface area contributed by atoms with Crippen LogP contribution in [0.2, 0.25) is 0 Å². The molecule has 0 amide bonds. The van der Waals surface area contributed by atoms with E-state index >= 15 is 0 Å². The van der Waals surface area contributed by atoms with Crippen LogP contribution in [0.5, 0.6) is 0 Å². The monoisotopic (exact) mass is 237 g/mol. The third kappa shape index (κ3) is 1.92. The Kier molecular flexibility index (Phi) is 2.43. The molecular formula is C10H11N3O2S. The van der Waals surface area contributed by atoms with E-state index in [1.54, 1.807) is 18.2 Å². The van der Waals surface area contributed by atoms with E-state index in [4.69, 9.17) is 5.73 Å². The third-order valence-corrected chi connectivity index (χ3v) is 3.05. The van der Waals surface area contributed by atoms with E-state index in [9.17, 15) is 8.42 Å². The van der Waals surface area contributed by atoms with Crippen molar-refractivity contribution in [3.8, 4) is 0 Å². The zero-order chi connectivity index (χ0) is 11.8. The van der Waals surface area contributed by atoms with Gasteiger partial charge in [0.05, 0.1) is 5.69 Å². The van der Waals surface area contributed by atoms with Crippen LogP contribution in [0.15, 0.2) is 28.7 Å². The summed E-state index contributed by atoms with van der Waals surface area (Å²) in [6, 6.07) is 5.26. The number of nitrogens with two attached hydrogens (primary N) is 1. The number of hydrogen-bond acceptors (Lipinski definition) is 3. The zero-order valence-corrected chi connectivity index (χ0v) is 9.45. The Morgan fingerprint density at radius 3 is 2.88 bits per heavy atom. The van der Waals surface area contributed by atoms with E-state index in [1.165, 1.54) is 0 Å². The van der Waals surface area contributed by atoms with Crippen molar-refractivity contribution in [3.63, 3.8) is 0 Å². The van der Waals surface area contributed by atoms with Crippen molar-refractivity contribution in [1.82, 2.24) is 0 Å². The molecule has 16 heavy (non-hydrogen) atoms. The summed E-state index contributed by atoms with van der Waals surface area (Å²) < 4.78 is 28.2. The molecule has 1 aromatic rings. The van der Waals surface area contributed by atoms with Crippen molar-refractivity contribution in [2.75, 3.05) is 4.72 Å². The Morgan fingerprint density at radius 1 is 1.44 bits per heavy atom. The Balaban J connectivity index is 2.58. The second-order valence-corrected chi connectivity index (χ2v) is 4.70. The first kappa shape index (κ1) is 10.7. The largest absolute Gasteiger partial charge is 0.382 e. The molecule has 0 aliphatic carbocycles. The predicted octanol–water partition coefficient (Wildman–Crippen LogP) is 1.10. The van der Waals surface area contributed by atoms with Gasteiger partial charge in [-0.15, -0.1) is 4.40 Å². The van der Waals surface area contributed by atoms with Gasteiger partial charge in [0.2, 0.25) is 0 Å². The Labute approximate surface area is 93.9 Å². The fraction of sp³-hybridized carbons (Fsp3) is 0.100. The van der Waals surface area contributed by atoms with E-state index < -0.39 is 10.2 Å². The standard InChI is InChI=1S/C10H11N3O2S/c1-2-3-7-4-5-9-8(6-7)10(11)13-16(14,15)12-9/h2-6,12H,1H3,(H2,11,13)/b3-2+. The first-order chi connectivity index (χ1) is 7.52. The van der Waals surface area contributed by atoms with Crippen molar-refractivity contribution >= 4 is 27.8 Å². The molecule has 3 N–H and O–H groups in total. The maximum atomic E-state index is 11.2. The SMILES string of the molecule is C/C=C/c1ccc2c(c1)C(N)=NS(=O)(=O)N2. The highest BCUT2D eigenvalue weighted by atomic mass is 32.2. The number of amidine groups is 1. The van der Waals surface area contributed by atoms with Crippen LogP contribution < -0.4 is 10.5 Å². The Hall–Kier alpha value is -1.82. The van der Waals surface area contributed by atoms with Gasteiger partial charge in [0.1, 0.15) is 5.84 Å². The van der Waals surface area contributed by atoms with Crippen molar-refractivity contribution in [3.05, 3.63) is 35.4 Å². The first-order valence-electron chi connectivity index (χ1n) is 4.67. The van der Waals surface area contributed by atoms with E-state index in [-0.39, 0.29) is 5.84 Å². The summed E-state index contributed by atoms with van der Waals surface area (Å²) in [4.78, 5) is 0. The van der Waals surface area contributed by atoms with Crippen LogP contribution in [0.4, 0.5) is 5.69 Å². The normalized spacial score (nSPS) is 17.7. The number of nitrogens with zero attached hydrogens (tertiary/aromatic N) is 1. The lowest BCUT2D eigenvalue weighted by atomic mass is 10.1. The molecule has 0 bridgehead atoms. The molecule has 1 aliphatic rings. The van der Waals surface area contributed by atoms with Gasteiger partial charge in [0.25, 0.3) is 0 Å². The molecule has 0 saturated heterocycles. The average Bonchev–Trinajstić information content (AvgIpc) is 2.18. The molecule has 0 atom stereocenters. The zero-order valence-electron chi connectivity index (χ0n) is 8.64. The second kappa shape index (κ2) is 3.64. The molecule has 0 saturated carbocycles. The molecule has 1 aliphatic heterocycles. The number of fused-ring (bicyclic) bond motifs is 1. The van der Waals surface area contributed by atoms with Gasteiger partial charge in [-0.3, -0.25) is 4.72 Å². The molecule has 6 heteroatoms. The van der Waals surface area contributed by atoms with Crippen LogP contribution in [-0.2, 0) is 10.2 Å². The Bertz CT molecular complexity index is 588. The summed E-state index contributed by atoms with van der Waals surface area (Å²) in [5.74, 6) is 0.0140. The highest BCUT2D eigenvalue weighted by Crippen LogP contribution is 2.23. The van der Waals surface area contributed by atoms with Gasteiger partial charge in [0, 0.05) is 5.56 Å². The minimum atomic E-state index is -3.68. The minimum absolute atomic E-state index is 0.0140. The average molecular weight is 237 g/mol. The number of rotatable bonds is 1. The van der Waals surface area contributed by atoms with E-state index in [1.807, 2.05) is 19.1 Å². The first-order valence-corrected chi connectivity index (χ1v) is 6.11. The lowest BCUT2D eigenvalue weighted by Crippen LogP contribution is -2.26. The van der Waals surface area contributed by atoms with Crippen LogP contribution in [0.25, 0.3) is 6.08 Å². The third-order valence-electron chi connectivity index (χ3n) is 2.14. The van der Waals surface area contributed by atoms with Crippen LogP contribution in [-0.4, -0.2) is 14.3 Å². The summed E-state index contributed by atoms with van der Waals surface area (Å²) in [6.07, 6.45) is 3.79.